The summed E-state index contributed by atoms with van der Waals surface area (Å²) in [7, 11) is 0. The first-order valence-electron chi connectivity index (χ1n) is 11.6. The molecule has 1 fully saturated rings. The topological polar surface area (TPSA) is 97.1 Å². The van der Waals surface area contributed by atoms with Crippen molar-refractivity contribution in [2.45, 2.75) is 45.1 Å². The maximum absolute atomic E-state index is 9.81. The zero-order valence-corrected chi connectivity index (χ0v) is 20.5. The zero-order chi connectivity index (χ0) is 24.2. The van der Waals surface area contributed by atoms with E-state index in [9.17, 15) is 5.26 Å². The first kappa shape index (κ1) is 23.3. The van der Waals surface area contributed by atoms with E-state index < -0.39 is 5.92 Å². The van der Waals surface area contributed by atoms with Crippen LogP contribution >= 0.6 is 11.3 Å². The summed E-state index contributed by atoms with van der Waals surface area (Å²) < 4.78 is 11.7. The molecule has 0 aliphatic carbocycles. The number of ether oxygens (including phenoxy) is 2. The van der Waals surface area contributed by atoms with Crippen molar-refractivity contribution in [1.82, 2.24) is 24.8 Å². The fourth-order valence-corrected chi connectivity index (χ4v) is 5.27. The van der Waals surface area contributed by atoms with Gasteiger partial charge in [-0.3, -0.25) is 4.90 Å². The lowest BCUT2D eigenvalue weighted by atomic mass is 10.1. The molecule has 3 aromatic heterocycles. The predicted molar refractivity (Wildman–Crippen MR) is 133 cm³/mol. The number of hydrogen-bond acceptors (Lipinski definition) is 9. The van der Waals surface area contributed by atoms with Gasteiger partial charge in [0.25, 0.3) is 0 Å². The molecule has 0 amide bonds. The second-order valence-corrected chi connectivity index (χ2v) is 9.77. The average Bonchev–Trinajstić information content (AvgIpc) is 3.27. The smallest absolute Gasteiger partial charge is 0.316 e. The van der Waals surface area contributed by atoms with Gasteiger partial charge in [0.2, 0.25) is 0 Å². The Morgan fingerprint density at radius 2 is 1.83 bits per heavy atom. The first-order chi connectivity index (χ1) is 17.1. The molecule has 0 bridgehead atoms. The maximum Gasteiger partial charge on any atom is 0.316 e. The van der Waals surface area contributed by atoms with E-state index in [-0.39, 0.29) is 18.2 Å². The SMILES string of the molecule is CC1CN(Cc2ccc(COc3nccc(C(C#N)c4nc5cccnc5s4)n3)cc2)CC(C)O1. The molecule has 1 aromatic carbocycles. The van der Waals surface area contributed by atoms with Crippen LogP contribution in [0.2, 0.25) is 0 Å². The van der Waals surface area contributed by atoms with Crippen LogP contribution in [0.15, 0.2) is 54.9 Å². The fourth-order valence-electron chi connectivity index (χ4n) is 4.30. The lowest BCUT2D eigenvalue weighted by molar-refractivity contribution is -0.0704. The van der Waals surface area contributed by atoms with Crippen molar-refractivity contribution in [1.29, 1.82) is 5.26 Å². The highest BCUT2D eigenvalue weighted by Gasteiger charge is 2.22. The van der Waals surface area contributed by atoms with Gasteiger partial charge in [0, 0.05) is 32.0 Å². The van der Waals surface area contributed by atoms with Crippen molar-refractivity contribution < 1.29 is 9.47 Å². The molecule has 5 rings (SSSR count). The molecule has 1 saturated heterocycles. The van der Waals surface area contributed by atoms with Gasteiger partial charge in [0.1, 0.15) is 27.9 Å². The molecule has 0 saturated carbocycles. The highest BCUT2D eigenvalue weighted by atomic mass is 32.1. The van der Waals surface area contributed by atoms with Crippen LogP contribution in [0.5, 0.6) is 6.01 Å². The molecule has 4 heterocycles. The van der Waals surface area contributed by atoms with Gasteiger partial charge in [-0.2, -0.15) is 10.2 Å². The quantitative estimate of drug-likeness (QED) is 0.381. The van der Waals surface area contributed by atoms with Gasteiger partial charge in [0.15, 0.2) is 0 Å². The fraction of sp³-hybridized carbons (Fsp3) is 0.346. The van der Waals surface area contributed by atoms with Crippen molar-refractivity contribution in [3.8, 4) is 12.1 Å². The number of fused-ring (bicyclic) bond motifs is 1. The number of nitriles is 1. The maximum atomic E-state index is 9.81. The van der Waals surface area contributed by atoms with E-state index in [0.717, 1.165) is 35.5 Å². The Morgan fingerprint density at radius 3 is 2.57 bits per heavy atom. The molecule has 4 aromatic rings. The third kappa shape index (κ3) is 5.62. The number of morpholine rings is 1. The second kappa shape index (κ2) is 10.4. The van der Waals surface area contributed by atoms with Crippen LogP contribution in [0.25, 0.3) is 10.3 Å². The minimum absolute atomic E-state index is 0.238. The van der Waals surface area contributed by atoms with Gasteiger partial charge in [-0.25, -0.2) is 15.0 Å². The van der Waals surface area contributed by atoms with E-state index in [4.69, 9.17) is 9.47 Å². The van der Waals surface area contributed by atoms with E-state index in [1.54, 1.807) is 18.5 Å². The Bertz CT molecular complexity index is 1290. The van der Waals surface area contributed by atoms with Crippen molar-refractivity contribution in [2.24, 2.45) is 0 Å². The van der Waals surface area contributed by atoms with Gasteiger partial charge in [-0.15, -0.1) is 0 Å². The minimum Gasteiger partial charge on any atom is -0.459 e. The molecule has 0 spiro atoms. The molecule has 3 unspecified atom stereocenters. The Balaban J connectivity index is 1.22. The molecule has 0 N–H and O–H groups in total. The molecule has 9 heteroatoms. The van der Waals surface area contributed by atoms with Crippen LogP contribution in [0, 0.1) is 11.3 Å². The summed E-state index contributed by atoms with van der Waals surface area (Å²) in [5, 5.41) is 10.5. The molecule has 1 aliphatic rings. The van der Waals surface area contributed by atoms with Gasteiger partial charge >= 0.3 is 6.01 Å². The third-order valence-electron chi connectivity index (χ3n) is 5.80. The van der Waals surface area contributed by atoms with Crippen LogP contribution in [-0.2, 0) is 17.9 Å². The van der Waals surface area contributed by atoms with Crippen molar-refractivity contribution >= 4 is 21.7 Å². The largest absolute Gasteiger partial charge is 0.459 e. The van der Waals surface area contributed by atoms with Crippen molar-refractivity contribution in [3.05, 3.63) is 76.7 Å². The van der Waals surface area contributed by atoms with E-state index in [2.05, 4.69) is 69.0 Å². The molecule has 1 aliphatic heterocycles. The van der Waals surface area contributed by atoms with Crippen LogP contribution in [0.1, 0.15) is 41.6 Å². The van der Waals surface area contributed by atoms with Gasteiger partial charge in [-0.1, -0.05) is 35.6 Å². The Labute approximate surface area is 208 Å². The van der Waals surface area contributed by atoms with Crippen molar-refractivity contribution in [3.63, 3.8) is 0 Å². The summed E-state index contributed by atoms with van der Waals surface area (Å²) in [6.07, 6.45) is 3.85. The number of thiazole rings is 1. The normalized spacial score (nSPS) is 19.3. The number of rotatable bonds is 7. The third-order valence-corrected chi connectivity index (χ3v) is 6.85. The molecule has 35 heavy (non-hydrogen) atoms. The van der Waals surface area contributed by atoms with E-state index in [1.165, 1.54) is 16.9 Å². The minimum atomic E-state index is -0.607. The van der Waals surface area contributed by atoms with Crippen molar-refractivity contribution in [2.75, 3.05) is 13.1 Å². The lowest BCUT2D eigenvalue weighted by Gasteiger charge is -2.35. The van der Waals surface area contributed by atoms with E-state index >= 15 is 0 Å². The highest BCUT2D eigenvalue weighted by Crippen LogP contribution is 2.30. The summed E-state index contributed by atoms with van der Waals surface area (Å²) in [6.45, 7) is 7.38. The Kier molecular flexibility index (Phi) is 6.95. The summed E-state index contributed by atoms with van der Waals surface area (Å²) in [6, 6.07) is 16.4. The van der Waals surface area contributed by atoms with Crippen LogP contribution in [0.3, 0.4) is 0 Å². The molecular formula is C26H26N6O2S. The van der Waals surface area contributed by atoms with E-state index in [0.29, 0.717) is 17.3 Å². The number of benzene rings is 1. The van der Waals surface area contributed by atoms with Gasteiger partial charge in [0.05, 0.1) is 24.0 Å². The number of hydrogen-bond donors (Lipinski definition) is 0. The zero-order valence-electron chi connectivity index (χ0n) is 19.7. The Morgan fingerprint density at radius 1 is 1.06 bits per heavy atom. The number of nitrogens with zero attached hydrogens (tertiary/aromatic N) is 6. The summed E-state index contributed by atoms with van der Waals surface area (Å²) in [5.41, 5.74) is 3.62. The number of pyridine rings is 1. The van der Waals surface area contributed by atoms with E-state index in [1.807, 2.05) is 12.1 Å². The Hall–Kier alpha value is -3.45. The lowest BCUT2D eigenvalue weighted by Crippen LogP contribution is -2.44. The van der Waals surface area contributed by atoms with Crippen LogP contribution in [0.4, 0.5) is 0 Å². The second-order valence-electron chi connectivity index (χ2n) is 8.76. The van der Waals surface area contributed by atoms with Crippen LogP contribution in [-0.4, -0.2) is 50.1 Å². The molecule has 0 radical (unpaired) electrons. The standard InChI is InChI=1S/C26H26N6O2S/c1-17-13-32(14-18(2)34-17)15-19-5-7-20(8-6-19)16-33-26-29-11-9-22(31-26)21(12-27)24-30-23-4-3-10-28-25(23)35-24/h3-11,17-18,21H,13-16H2,1-2H3. The first-order valence-corrected chi connectivity index (χ1v) is 12.4. The molecule has 8 nitrogen and oxygen atoms in total. The average molecular weight is 487 g/mol. The summed E-state index contributed by atoms with van der Waals surface area (Å²) >= 11 is 1.40. The summed E-state index contributed by atoms with van der Waals surface area (Å²) in [4.78, 5) is 20.8. The molecule has 3 atom stereocenters. The highest BCUT2D eigenvalue weighted by molar-refractivity contribution is 7.18. The molecule has 178 valence electrons. The van der Waals surface area contributed by atoms with Gasteiger partial charge < -0.3 is 9.47 Å². The number of aromatic nitrogens is 4. The summed E-state index contributed by atoms with van der Waals surface area (Å²) in [5.74, 6) is -0.607. The molecular weight excluding hydrogens is 460 g/mol. The predicted octanol–water partition coefficient (Wildman–Crippen LogP) is 4.32. The van der Waals surface area contributed by atoms with Gasteiger partial charge in [-0.05, 0) is 43.2 Å². The monoisotopic (exact) mass is 486 g/mol. The van der Waals surface area contributed by atoms with Crippen LogP contribution < -0.4 is 4.74 Å².